The lowest BCUT2D eigenvalue weighted by atomic mass is 10.1. The summed E-state index contributed by atoms with van der Waals surface area (Å²) in [7, 11) is 0. The third-order valence-corrected chi connectivity index (χ3v) is 5.59. The maximum Gasteiger partial charge on any atom is 0.254 e. The molecular formula is C23H26N8. The van der Waals surface area contributed by atoms with Gasteiger partial charge in [-0.3, -0.25) is 4.90 Å². The number of aromatic nitrogens is 5. The van der Waals surface area contributed by atoms with Crippen molar-refractivity contribution in [2.24, 2.45) is 0 Å². The zero-order valence-corrected chi connectivity index (χ0v) is 17.6. The van der Waals surface area contributed by atoms with Crippen molar-refractivity contribution in [1.29, 1.82) is 0 Å². The van der Waals surface area contributed by atoms with Crippen LogP contribution in [0.5, 0.6) is 0 Å². The quantitative estimate of drug-likeness (QED) is 0.520. The highest BCUT2D eigenvalue weighted by molar-refractivity contribution is 5.65. The first-order valence-corrected chi connectivity index (χ1v) is 10.7. The van der Waals surface area contributed by atoms with Gasteiger partial charge in [-0.2, -0.15) is 14.6 Å². The van der Waals surface area contributed by atoms with Crippen LogP contribution in [0.2, 0.25) is 0 Å². The fraction of sp³-hybridized carbons (Fsp3) is 0.304. The van der Waals surface area contributed by atoms with Gasteiger partial charge in [0, 0.05) is 56.6 Å². The Hall–Kier alpha value is -3.52. The van der Waals surface area contributed by atoms with E-state index < -0.39 is 0 Å². The van der Waals surface area contributed by atoms with E-state index in [2.05, 4.69) is 60.3 Å². The molecule has 1 aromatic carbocycles. The summed E-state index contributed by atoms with van der Waals surface area (Å²) < 4.78 is 1.77. The molecule has 0 bridgehead atoms. The van der Waals surface area contributed by atoms with Gasteiger partial charge in [-0.1, -0.05) is 36.4 Å². The monoisotopic (exact) mass is 414 g/mol. The molecule has 0 saturated carbocycles. The van der Waals surface area contributed by atoms with Crippen LogP contribution in [0.15, 0.2) is 67.1 Å². The maximum absolute atomic E-state index is 4.65. The van der Waals surface area contributed by atoms with E-state index in [1.807, 2.05) is 42.6 Å². The van der Waals surface area contributed by atoms with E-state index in [1.165, 1.54) is 0 Å². The van der Waals surface area contributed by atoms with Gasteiger partial charge in [0.25, 0.3) is 5.78 Å². The Kier molecular flexibility index (Phi) is 5.45. The molecule has 31 heavy (non-hydrogen) atoms. The minimum Gasteiger partial charge on any atom is -0.366 e. The molecular weight excluding hydrogens is 388 g/mol. The van der Waals surface area contributed by atoms with Crippen LogP contribution in [0.3, 0.4) is 0 Å². The van der Waals surface area contributed by atoms with E-state index in [1.54, 1.807) is 10.8 Å². The molecule has 5 rings (SSSR count). The van der Waals surface area contributed by atoms with Gasteiger partial charge in [0.15, 0.2) is 0 Å². The summed E-state index contributed by atoms with van der Waals surface area (Å²) in [5.41, 5.74) is 1.95. The Morgan fingerprint density at radius 2 is 1.77 bits per heavy atom. The van der Waals surface area contributed by atoms with Crippen molar-refractivity contribution in [3.8, 4) is 11.3 Å². The molecule has 1 aliphatic heterocycles. The minimum absolute atomic E-state index is 0.250. The van der Waals surface area contributed by atoms with Gasteiger partial charge >= 0.3 is 0 Å². The highest BCUT2D eigenvalue weighted by Crippen LogP contribution is 2.22. The summed E-state index contributed by atoms with van der Waals surface area (Å²) in [5.74, 6) is 2.56. The first-order chi connectivity index (χ1) is 15.3. The predicted octanol–water partition coefficient (Wildman–Crippen LogP) is 2.81. The summed E-state index contributed by atoms with van der Waals surface area (Å²) in [6.45, 7) is 7.18. The Bertz CT molecular complexity index is 1120. The van der Waals surface area contributed by atoms with Crippen molar-refractivity contribution in [2.45, 2.75) is 13.0 Å². The van der Waals surface area contributed by atoms with Crippen LogP contribution in [0.1, 0.15) is 6.92 Å². The second-order valence-electron chi connectivity index (χ2n) is 7.89. The van der Waals surface area contributed by atoms with Gasteiger partial charge in [-0.25, -0.2) is 9.97 Å². The Morgan fingerprint density at radius 3 is 2.55 bits per heavy atom. The fourth-order valence-electron chi connectivity index (χ4n) is 4.06. The lowest BCUT2D eigenvalue weighted by molar-refractivity contribution is 0.250. The molecule has 1 atom stereocenters. The highest BCUT2D eigenvalue weighted by atomic mass is 15.4. The molecule has 4 heterocycles. The Labute approximate surface area is 181 Å². The molecule has 1 unspecified atom stereocenters. The summed E-state index contributed by atoms with van der Waals surface area (Å²) in [5, 5.41) is 7.97. The number of pyridine rings is 1. The number of nitrogens with zero attached hydrogens (tertiary/aromatic N) is 7. The fourth-order valence-corrected chi connectivity index (χ4v) is 4.06. The van der Waals surface area contributed by atoms with Crippen LogP contribution in [-0.2, 0) is 0 Å². The van der Waals surface area contributed by atoms with Gasteiger partial charge in [0.2, 0.25) is 0 Å². The third-order valence-electron chi connectivity index (χ3n) is 5.59. The maximum atomic E-state index is 4.65. The van der Waals surface area contributed by atoms with Crippen LogP contribution < -0.4 is 10.2 Å². The molecule has 1 fully saturated rings. The number of anilines is 2. The Morgan fingerprint density at radius 1 is 0.968 bits per heavy atom. The van der Waals surface area contributed by atoms with E-state index in [-0.39, 0.29) is 6.04 Å². The number of piperazine rings is 1. The van der Waals surface area contributed by atoms with E-state index in [4.69, 9.17) is 0 Å². The van der Waals surface area contributed by atoms with Crippen LogP contribution in [-0.4, -0.2) is 68.2 Å². The summed E-state index contributed by atoms with van der Waals surface area (Å²) >= 11 is 0. The van der Waals surface area contributed by atoms with Crippen LogP contribution in [0.25, 0.3) is 17.0 Å². The van der Waals surface area contributed by atoms with E-state index in [9.17, 15) is 0 Å². The summed E-state index contributed by atoms with van der Waals surface area (Å²) in [6, 6.07) is 18.5. The van der Waals surface area contributed by atoms with E-state index in [0.717, 1.165) is 55.6 Å². The SMILES string of the molecule is CC(CN1CCN(c2ccccn2)CC1)Nc1cc(-c2ccccc2)nc2ncnn12. The molecule has 0 radical (unpaired) electrons. The number of hydrogen-bond donors (Lipinski definition) is 1. The van der Waals surface area contributed by atoms with Crippen molar-refractivity contribution >= 4 is 17.4 Å². The molecule has 4 aromatic rings. The Balaban J connectivity index is 1.26. The molecule has 1 N–H and O–H groups in total. The van der Waals surface area contributed by atoms with Crippen molar-refractivity contribution < 1.29 is 0 Å². The number of nitrogens with one attached hydrogen (secondary N) is 1. The molecule has 3 aromatic heterocycles. The van der Waals surface area contributed by atoms with Crippen LogP contribution in [0.4, 0.5) is 11.6 Å². The normalized spacial score (nSPS) is 15.8. The number of hydrogen-bond acceptors (Lipinski definition) is 7. The molecule has 0 spiro atoms. The van der Waals surface area contributed by atoms with Gasteiger partial charge in [0.05, 0.1) is 5.69 Å². The van der Waals surface area contributed by atoms with Gasteiger partial charge in [-0.05, 0) is 19.1 Å². The smallest absolute Gasteiger partial charge is 0.254 e. The predicted molar refractivity (Wildman–Crippen MR) is 122 cm³/mol. The molecule has 0 aliphatic carbocycles. The average Bonchev–Trinajstić information content (AvgIpc) is 3.30. The highest BCUT2D eigenvalue weighted by Gasteiger charge is 2.20. The molecule has 0 amide bonds. The molecule has 8 heteroatoms. The molecule has 8 nitrogen and oxygen atoms in total. The first kappa shape index (κ1) is 19.4. The number of rotatable bonds is 6. The van der Waals surface area contributed by atoms with Gasteiger partial charge in [0.1, 0.15) is 18.0 Å². The van der Waals surface area contributed by atoms with Crippen molar-refractivity contribution in [3.63, 3.8) is 0 Å². The number of fused-ring (bicyclic) bond motifs is 1. The summed E-state index contributed by atoms with van der Waals surface area (Å²) in [6.07, 6.45) is 3.40. The minimum atomic E-state index is 0.250. The van der Waals surface area contributed by atoms with Crippen LogP contribution >= 0.6 is 0 Å². The van der Waals surface area contributed by atoms with Gasteiger partial charge < -0.3 is 10.2 Å². The van der Waals surface area contributed by atoms with E-state index in [0.29, 0.717) is 5.78 Å². The topological polar surface area (TPSA) is 74.5 Å². The lowest BCUT2D eigenvalue weighted by Gasteiger charge is -2.36. The zero-order chi connectivity index (χ0) is 21.0. The zero-order valence-electron chi connectivity index (χ0n) is 17.6. The molecule has 1 saturated heterocycles. The number of benzene rings is 1. The van der Waals surface area contributed by atoms with Crippen molar-refractivity contribution in [2.75, 3.05) is 42.9 Å². The second-order valence-corrected chi connectivity index (χ2v) is 7.89. The average molecular weight is 415 g/mol. The second kappa shape index (κ2) is 8.69. The van der Waals surface area contributed by atoms with Crippen molar-refractivity contribution in [3.05, 3.63) is 67.1 Å². The standard InChI is InChI=1S/C23H26N8/c1-18(16-29-11-13-30(14-12-29)21-9-5-6-10-24-21)27-22-15-20(19-7-3-2-4-8-19)28-23-25-17-26-31(22)23/h2-10,15,17-18,27H,11-14,16H2,1H3. The third kappa shape index (κ3) is 4.34. The largest absolute Gasteiger partial charge is 0.366 e. The lowest BCUT2D eigenvalue weighted by Crippen LogP contribution is -2.49. The first-order valence-electron chi connectivity index (χ1n) is 10.7. The van der Waals surface area contributed by atoms with Gasteiger partial charge in [-0.15, -0.1) is 0 Å². The van der Waals surface area contributed by atoms with Crippen LogP contribution in [0, 0.1) is 0 Å². The van der Waals surface area contributed by atoms with E-state index >= 15 is 0 Å². The molecule has 158 valence electrons. The van der Waals surface area contributed by atoms with Crippen molar-refractivity contribution in [1.82, 2.24) is 29.5 Å². The molecule has 1 aliphatic rings. The summed E-state index contributed by atoms with van der Waals surface area (Å²) in [4.78, 5) is 18.3.